The van der Waals surface area contributed by atoms with Crippen LogP contribution in [-0.4, -0.2) is 40.2 Å². The predicted molar refractivity (Wildman–Crippen MR) is 89.3 cm³/mol. The molecule has 0 bridgehead atoms. The second-order valence-electron chi connectivity index (χ2n) is 6.59. The van der Waals surface area contributed by atoms with E-state index < -0.39 is 0 Å². The maximum absolute atomic E-state index is 11.8. The average molecular weight is 332 g/mol. The quantitative estimate of drug-likeness (QED) is 0.904. The van der Waals surface area contributed by atoms with Crippen LogP contribution in [0.15, 0.2) is 21.6 Å². The molecule has 7 heteroatoms. The number of likely N-dealkylation sites (tertiary alicyclic amines) is 1. The van der Waals surface area contributed by atoms with Gasteiger partial charge in [0.2, 0.25) is 11.3 Å². The highest BCUT2D eigenvalue weighted by Gasteiger charge is 2.25. The van der Waals surface area contributed by atoms with Gasteiger partial charge in [-0.3, -0.25) is 9.69 Å². The van der Waals surface area contributed by atoms with Gasteiger partial charge in [-0.05, 0) is 25.9 Å². The fourth-order valence-electron chi connectivity index (χ4n) is 2.98. The van der Waals surface area contributed by atoms with E-state index in [9.17, 15) is 4.79 Å². The molecule has 0 saturated carbocycles. The highest BCUT2D eigenvalue weighted by molar-refractivity contribution is 5.20. The van der Waals surface area contributed by atoms with E-state index in [-0.39, 0.29) is 11.3 Å². The molecule has 24 heavy (non-hydrogen) atoms. The van der Waals surface area contributed by atoms with Crippen LogP contribution in [0, 0.1) is 0 Å². The first kappa shape index (κ1) is 16.7. The lowest BCUT2D eigenvalue weighted by atomic mass is 9.96. The molecule has 7 nitrogen and oxygen atoms in total. The molecular weight excluding hydrogens is 308 g/mol. The summed E-state index contributed by atoms with van der Waals surface area (Å²) in [7, 11) is 1.50. The van der Waals surface area contributed by atoms with Crippen molar-refractivity contribution in [3.05, 3.63) is 39.9 Å². The van der Waals surface area contributed by atoms with E-state index in [0.29, 0.717) is 11.7 Å². The van der Waals surface area contributed by atoms with Crippen LogP contribution in [-0.2, 0) is 6.54 Å². The number of methoxy groups -OCH3 is 1. The monoisotopic (exact) mass is 332 g/mol. The average Bonchev–Trinajstić information content (AvgIpc) is 3.06. The lowest BCUT2D eigenvalue weighted by Gasteiger charge is -2.30. The Bertz CT molecular complexity index is 729. The number of rotatable bonds is 5. The molecule has 0 radical (unpaired) electrons. The summed E-state index contributed by atoms with van der Waals surface area (Å²) >= 11 is 0. The van der Waals surface area contributed by atoms with Gasteiger partial charge in [-0.15, -0.1) is 0 Å². The number of nitrogens with one attached hydrogen (secondary N) is 1. The van der Waals surface area contributed by atoms with E-state index in [1.165, 1.54) is 7.11 Å². The van der Waals surface area contributed by atoms with E-state index in [2.05, 4.69) is 33.9 Å². The first-order valence-electron chi connectivity index (χ1n) is 8.38. The Morgan fingerprint density at radius 2 is 2.17 bits per heavy atom. The van der Waals surface area contributed by atoms with Crippen LogP contribution in [0.25, 0.3) is 0 Å². The molecule has 1 fully saturated rings. The Hall–Kier alpha value is -2.15. The summed E-state index contributed by atoms with van der Waals surface area (Å²) in [4.78, 5) is 21.8. The highest BCUT2D eigenvalue weighted by Crippen LogP contribution is 2.28. The summed E-state index contributed by atoms with van der Waals surface area (Å²) < 4.78 is 10.4. The van der Waals surface area contributed by atoms with Crippen LogP contribution in [0.5, 0.6) is 5.75 Å². The van der Waals surface area contributed by atoms with E-state index in [1.807, 2.05) is 0 Å². The summed E-state index contributed by atoms with van der Waals surface area (Å²) in [6, 6.07) is 1.61. The lowest BCUT2D eigenvalue weighted by Crippen LogP contribution is -2.33. The van der Waals surface area contributed by atoms with Gasteiger partial charge in [0.1, 0.15) is 0 Å². The zero-order chi connectivity index (χ0) is 17.1. The number of hydrogen-bond donors (Lipinski definition) is 1. The van der Waals surface area contributed by atoms with Crippen molar-refractivity contribution in [3.63, 3.8) is 0 Å². The first-order valence-corrected chi connectivity index (χ1v) is 8.38. The number of ether oxygens (including phenoxy) is 1. The molecule has 2 aromatic rings. The largest absolute Gasteiger partial charge is 0.491 e. The Morgan fingerprint density at radius 1 is 1.42 bits per heavy atom. The minimum atomic E-state index is -0.0896. The molecule has 0 aliphatic carbocycles. The maximum Gasteiger partial charge on any atom is 0.229 e. The van der Waals surface area contributed by atoms with Crippen LogP contribution in [0.1, 0.15) is 55.9 Å². The number of piperidine rings is 1. The second-order valence-corrected chi connectivity index (χ2v) is 6.59. The minimum Gasteiger partial charge on any atom is -0.491 e. The maximum atomic E-state index is 11.8. The molecule has 3 heterocycles. The molecule has 0 aromatic carbocycles. The fourth-order valence-corrected chi connectivity index (χ4v) is 2.98. The molecule has 1 saturated heterocycles. The van der Waals surface area contributed by atoms with Crippen molar-refractivity contribution in [3.8, 4) is 5.75 Å². The number of aromatic nitrogens is 3. The number of aromatic amines is 1. The predicted octanol–water partition coefficient (Wildman–Crippen LogP) is 2.27. The van der Waals surface area contributed by atoms with Crippen molar-refractivity contribution in [2.24, 2.45) is 0 Å². The number of nitrogens with zero attached hydrogens (tertiary/aromatic N) is 3. The third kappa shape index (κ3) is 3.67. The van der Waals surface area contributed by atoms with Gasteiger partial charge >= 0.3 is 0 Å². The molecule has 0 atom stereocenters. The van der Waals surface area contributed by atoms with Crippen LogP contribution in [0.3, 0.4) is 0 Å². The zero-order valence-corrected chi connectivity index (χ0v) is 14.4. The standard InChI is InChI=1S/C17H24N4O3/c1-11(2)16-19-17(24-20-16)12-4-6-21(7-5-12)10-13-8-14(22)15(23-3)9-18-13/h8-9,11-12H,4-7,10H2,1-3H3,(H,18,22). The van der Waals surface area contributed by atoms with Gasteiger partial charge in [-0.25, -0.2) is 0 Å². The lowest BCUT2D eigenvalue weighted by molar-refractivity contribution is 0.186. The normalized spacial score (nSPS) is 16.7. The van der Waals surface area contributed by atoms with E-state index >= 15 is 0 Å². The van der Waals surface area contributed by atoms with Gasteiger partial charge < -0.3 is 14.2 Å². The molecule has 1 aliphatic heterocycles. The Balaban J connectivity index is 1.56. The van der Waals surface area contributed by atoms with E-state index in [4.69, 9.17) is 9.26 Å². The number of H-pyrrole nitrogens is 1. The molecule has 1 aliphatic rings. The van der Waals surface area contributed by atoms with Crippen LogP contribution >= 0.6 is 0 Å². The summed E-state index contributed by atoms with van der Waals surface area (Å²) in [6.45, 7) is 6.74. The van der Waals surface area contributed by atoms with Crippen LogP contribution < -0.4 is 10.2 Å². The van der Waals surface area contributed by atoms with Crippen molar-refractivity contribution < 1.29 is 9.26 Å². The molecule has 0 spiro atoms. The fraction of sp³-hybridized carbons (Fsp3) is 0.588. The zero-order valence-electron chi connectivity index (χ0n) is 14.4. The smallest absolute Gasteiger partial charge is 0.229 e. The summed E-state index contributed by atoms with van der Waals surface area (Å²) in [6.07, 6.45) is 3.59. The van der Waals surface area contributed by atoms with Crippen molar-refractivity contribution in [1.29, 1.82) is 0 Å². The third-order valence-corrected chi connectivity index (χ3v) is 4.46. The second kappa shape index (κ2) is 7.17. The Morgan fingerprint density at radius 3 is 2.75 bits per heavy atom. The van der Waals surface area contributed by atoms with Gasteiger partial charge in [0.05, 0.1) is 7.11 Å². The molecule has 0 unspecified atom stereocenters. The van der Waals surface area contributed by atoms with Crippen molar-refractivity contribution in [2.75, 3.05) is 20.2 Å². The van der Waals surface area contributed by atoms with Gasteiger partial charge in [0.15, 0.2) is 11.6 Å². The molecule has 130 valence electrons. The van der Waals surface area contributed by atoms with Crippen LogP contribution in [0.4, 0.5) is 0 Å². The molecule has 2 aromatic heterocycles. The molecule has 3 rings (SSSR count). The topological polar surface area (TPSA) is 84.2 Å². The highest BCUT2D eigenvalue weighted by atomic mass is 16.5. The van der Waals surface area contributed by atoms with Crippen molar-refractivity contribution >= 4 is 0 Å². The molecule has 0 amide bonds. The summed E-state index contributed by atoms with van der Waals surface area (Å²) in [5, 5.41) is 4.05. The van der Waals surface area contributed by atoms with Gasteiger partial charge in [-0.2, -0.15) is 4.98 Å². The minimum absolute atomic E-state index is 0.0896. The Labute approximate surface area is 141 Å². The molecule has 1 N–H and O–H groups in total. The first-order chi connectivity index (χ1) is 11.6. The van der Waals surface area contributed by atoms with E-state index in [1.54, 1.807) is 12.3 Å². The van der Waals surface area contributed by atoms with Gasteiger partial charge in [0.25, 0.3) is 0 Å². The number of pyridine rings is 1. The third-order valence-electron chi connectivity index (χ3n) is 4.46. The summed E-state index contributed by atoms with van der Waals surface area (Å²) in [5.41, 5.74) is 0.812. The Kier molecular flexibility index (Phi) is 4.99. The van der Waals surface area contributed by atoms with Crippen LogP contribution in [0.2, 0.25) is 0 Å². The van der Waals surface area contributed by atoms with Gasteiger partial charge in [-0.1, -0.05) is 19.0 Å². The summed E-state index contributed by atoms with van der Waals surface area (Å²) in [5.74, 6) is 2.50. The van der Waals surface area contributed by atoms with Crippen molar-refractivity contribution in [1.82, 2.24) is 20.0 Å². The van der Waals surface area contributed by atoms with E-state index in [0.717, 1.165) is 49.9 Å². The number of hydrogen-bond acceptors (Lipinski definition) is 6. The SMILES string of the molecule is COc1c[nH]c(CN2CCC(c3nc(C(C)C)no3)CC2)cc1=O. The van der Waals surface area contributed by atoms with Gasteiger partial charge in [0, 0.05) is 36.3 Å². The van der Waals surface area contributed by atoms with Crippen molar-refractivity contribution in [2.45, 2.75) is 45.1 Å². The molecular formula is C17H24N4O3.